The maximum atomic E-state index is 12.6. The lowest BCUT2D eigenvalue weighted by atomic mass is 10.0. The van der Waals surface area contributed by atoms with Crippen LogP contribution in [0.5, 0.6) is 5.75 Å². The molecular weight excluding hydrogens is 286 g/mol. The van der Waals surface area contributed by atoms with Gasteiger partial charge in [-0.1, -0.05) is 42.5 Å². The smallest absolute Gasteiger partial charge is 0.226 e. The van der Waals surface area contributed by atoms with Gasteiger partial charge in [-0.2, -0.15) is 0 Å². The van der Waals surface area contributed by atoms with E-state index in [0.29, 0.717) is 24.4 Å². The first-order chi connectivity index (χ1) is 11.3. The Balaban J connectivity index is 1.54. The number of amides is 1. The summed E-state index contributed by atoms with van der Waals surface area (Å²) in [5.74, 6) is 2.00. The van der Waals surface area contributed by atoms with Crippen molar-refractivity contribution in [2.24, 2.45) is 11.8 Å². The molecule has 2 aromatic carbocycles. The van der Waals surface area contributed by atoms with E-state index >= 15 is 0 Å². The summed E-state index contributed by atoms with van der Waals surface area (Å²) in [4.78, 5) is 14.7. The predicted octanol–water partition coefficient (Wildman–Crippen LogP) is 3.28. The first-order valence-electron chi connectivity index (χ1n) is 8.23. The molecule has 0 spiro atoms. The van der Waals surface area contributed by atoms with Gasteiger partial charge in [-0.05, 0) is 42.0 Å². The van der Waals surface area contributed by atoms with E-state index in [-0.39, 0.29) is 5.92 Å². The Morgan fingerprint density at radius 2 is 1.87 bits per heavy atom. The predicted molar refractivity (Wildman–Crippen MR) is 89.1 cm³/mol. The Morgan fingerprint density at radius 3 is 2.65 bits per heavy atom. The monoisotopic (exact) mass is 307 g/mol. The SMILES string of the molecule is COc1cccc(CN2C(=O)C3CC3C2Cc2ccccc2)c1. The van der Waals surface area contributed by atoms with Crippen molar-refractivity contribution in [2.45, 2.75) is 25.4 Å². The summed E-state index contributed by atoms with van der Waals surface area (Å²) >= 11 is 0. The van der Waals surface area contributed by atoms with Crippen LogP contribution in [0.3, 0.4) is 0 Å². The van der Waals surface area contributed by atoms with Crippen LogP contribution in [0.1, 0.15) is 17.5 Å². The molecule has 0 bridgehead atoms. The highest BCUT2D eigenvalue weighted by molar-refractivity contribution is 5.85. The summed E-state index contributed by atoms with van der Waals surface area (Å²) in [6.45, 7) is 0.681. The van der Waals surface area contributed by atoms with Crippen LogP contribution in [0, 0.1) is 11.8 Å². The van der Waals surface area contributed by atoms with Crippen LogP contribution in [0.25, 0.3) is 0 Å². The molecule has 0 aromatic heterocycles. The van der Waals surface area contributed by atoms with Gasteiger partial charge < -0.3 is 9.64 Å². The van der Waals surface area contributed by atoms with Crippen molar-refractivity contribution in [1.29, 1.82) is 0 Å². The van der Waals surface area contributed by atoms with Crippen molar-refractivity contribution in [2.75, 3.05) is 7.11 Å². The first-order valence-corrected chi connectivity index (χ1v) is 8.23. The average molecular weight is 307 g/mol. The van der Waals surface area contributed by atoms with Crippen LogP contribution >= 0.6 is 0 Å². The third kappa shape index (κ3) is 2.72. The fourth-order valence-corrected chi connectivity index (χ4v) is 3.81. The van der Waals surface area contributed by atoms with Crippen LogP contribution in [-0.2, 0) is 17.8 Å². The van der Waals surface area contributed by atoms with E-state index in [0.717, 1.165) is 24.2 Å². The van der Waals surface area contributed by atoms with Crippen molar-refractivity contribution in [3.8, 4) is 5.75 Å². The number of nitrogens with zero attached hydrogens (tertiary/aromatic N) is 1. The van der Waals surface area contributed by atoms with Gasteiger partial charge in [-0.3, -0.25) is 4.79 Å². The van der Waals surface area contributed by atoms with Crippen molar-refractivity contribution in [3.05, 3.63) is 65.7 Å². The zero-order chi connectivity index (χ0) is 15.8. The molecular formula is C20H21NO2. The second-order valence-corrected chi connectivity index (χ2v) is 6.58. The van der Waals surface area contributed by atoms with Crippen molar-refractivity contribution in [1.82, 2.24) is 4.90 Å². The van der Waals surface area contributed by atoms with Gasteiger partial charge in [0, 0.05) is 18.5 Å². The standard InChI is InChI=1S/C20H21NO2/c1-23-16-9-5-8-15(10-16)13-21-19(17-12-18(17)20(21)22)11-14-6-3-2-4-7-14/h2-10,17-19H,11-13H2,1H3. The summed E-state index contributed by atoms with van der Waals surface area (Å²) in [5, 5.41) is 0. The molecule has 4 rings (SSSR count). The van der Waals surface area contributed by atoms with Crippen molar-refractivity contribution >= 4 is 5.91 Å². The number of likely N-dealkylation sites (tertiary alicyclic amines) is 1. The highest BCUT2D eigenvalue weighted by Gasteiger charge is 2.58. The lowest BCUT2D eigenvalue weighted by Gasteiger charge is -2.28. The van der Waals surface area contributed by atoms with E-state index in [1.807, 2.05) is 24.3 Å². The topological polar surface area (TPSA) is 29.5 Å². The molecule has 2 fully saturated rings. The van der Waals surface area contributed by atoms with Gasteiger partial charge in [0.2, 0.25) is 5.91 Å². The molecule has 118 valence electrons. The number of carbonyl (C=O) groups is 1. The number of piperidine rings is 1. The number of methoxy groups -OCH3 is 1. The third-order valence-corrected chi connectivity index (χ3v) is 5.11. The fourth-order valence-electron chi connectivity index (χ4n) is 3.81. The fraction of sp³-hybridized carbons (Fsp3) is 0.350. The number of hydrogen-bond acceptors (Lipinski definition) is 2. The Hall–Kier alpha value is -2.29. The average Bonchev–Trinajstić information content (AvgIpc) is 3.34. The van der Waals surface area contributed by atoms with Crippen molar-refractivity contribution in [3.63, 3.8) is 0 Å². The third-order valence-electron chi connectivity index (χ3n) is 5.11. The summed E-state index contributed by atoms with van der Waals surface area (Å²) in [5.41, 5.74) is 2.45. The summed E-state index contributed by atoms with van der Waals surface area (Å²) in [7, 11) is 1.67. The van der Waals surface area contributed by atoms with E-state index in [4.69, 9.17) is 4.74 Å². The molecule has 2 aromatic rings. The van der Waals surface area contributed by atoms with Gasteiger partial charge >= 0.3 is 0 Å². The zero-order valence-corrected chi connectivity index (χ0v) is 13.3. The van der Waals surface area contributed by atoms with Crippen LogP contribution < -0.4 is 4.74 Å². The Morgan fingerprint density at radius 1 is 1.09 bits per heavy atom. The molecule has 0 radical (unpaired) electrons. The second-order valence-electron chi connectivity index (χ2n) is 6.58. The van der Waals surface area contributed by atoms with Gasteiger partial charge in [0.25, 0.3) is 0 Å². The molecule has 1 saturated heterocycles. The normalized spacial score (nSPS) is 25.3. The molecule has 23 heavy (non-hydrogen) atoms. The molecule has 3 nitrogen and oxygen atoms in total. The Bertz CT molecular complexity index is 713. The van der Waals surface area contributed by atoms with E-state index in [9.17, 15) is 4.79 Å². The first kappa shape index (κ1) is 14.3. The minimum atomic E-state index is 0.273. The minimum absolute atomic E-state index is 0.273. The number of carbonyl (C=O) groups excluding carboxylic acids is 1. The second kappa shape index (κ2) is 5.73. The quantitative estimate of drug-likeness (QED) is 0.848. The molecule has 3 atom stereocenters. The van der Waals surface area contributed by atoms with Gasteiger partial charge in [0.15, 0.2) is 0 Å². The number of ether oxygens (including phenoxy) is 1. The van der Waals surface area contributed by atoms with Gasteiger partial charge in [0.05, 0.1) is 7.11 Å². The van der Waals surface area contributed by atoms with Crippen LogP contribution in [0.15, 0.2) is 54.6 Å². The molecule has 0 N–H and O–H groups in total. The van der Waals surface area contributed by atoms with Crippen LogP contribution in [0.4, 0.5) is 0 Å². The number of fused-ring (bicyclic) bond motifs is 1. The maximum Gasteiger partial charge on any atom is 0.226 e. The van der Waals surface area contributed by atoms with E-state index in [1.165, 1.54) is 5.56 Å². The molecule has 3 unspecified atom stereocenters. The number of hydrogen-bond donors (Lipinski definition) is 0. The van der Waals surface area contributed by atoms with Crippen LogP contribution in [-0.4, -0.2) is 24.0 Å². The van der Waals surface area contributed by atoms with E-state index < -0.39 is 0 Å². The van der Waals surface area contributed by atoms with Crippen molar-refractivity contribution < 1.29 is 9.53 Å². The van der Waals surface area contributed by atoms with Gasteiger partial charge in [-0.15, -0.1) is 0 Å². The molecule has 3 heteroatoms. The highest BCUT2D eigenvalue weighted by atomic mass is 16.5. The molecule has 1 heterocycles. The summed E-state index contributed by atoms with van der Waals surface area (Å²) in [6, 6.07) is 18.9. The molecule has 1 aliphatic heterocycles. The number of rotatable bonds is 5. The molecule has 2 aliphatic rings. The molecule has 1 aliphatic carbocycles. The summed E-state index contributed by atoms with van der Waals surface area (Å²) in [6.07, 6.45) is 2.03. The lowest BCUT2D eigenvalue weighted by molar-refractivity contribution is -0.132. The molecule has 1 amide bonds. The Labute approximate surface area is 136 Å². The highest BCUT2D eigenvalue weighted by Crippen LogP contribution is 2.51. The Kier molecular flexibility index (Phi) is 3.56. The zero-order valence-electron chi connectivity index (χ0n) is 13.3. The summed E-state index contributed by atoms with van der Waals surface area (Å²) < 4.78 is 5.30. The molecule has 1 saturated carbocycles. The lowest BCUT2D eigenvalue weighted by Crippen LogP contribution is -2.37. The van der Waals surface area contributed by atoms with Gasteiger partial charge in [0.1, 0.15) is 5.75 Å². The minimum Gasteiger partial charge on any atom is -0.497 e. The maximum absolute atomic E-state index is 12.6. The van der Waals surface area contributed by atoms with E-state index in [2.05, 4.69) is 35.2 Å². The largest absolute Gasteiger partial charge is 0.497 e. The van der Waals surface area contributed by atoms with Gasteiger partial charge in [-0.25, -0.2) is 0 Å². The van der Waals surface area contributed by atoms with Crippen LogP contribution in [0.2, 0.25) is 0 Å². The van der Waals surface area contributed by atoms with E-state index in [1.54, 1.807) is 7.11 Å². The number of benzene rings is 2.